The van der Waals surface area contributed by atoms with Crippen LogP contribution in [0.15, 0.2) is 16.9 Å². The van der Waals surface area contributed by atoms with E-state index < -0.39 is 4.84 Å². The molecule has 0 spiro atoms. The van der Waals surface area contributed by atoms with Gasteiger partial charge in [0.15, 0.2) is 0 Å². The van der Waals surface area contributed by atoms with E-state index in [-0.39, 0.29) is 6.04 Å². The Labute approximate surface area is 93.9 Å². The second kappa shape index (κ2) is 4.70. The van der Waals surface area contributed by atoms with E-state index in [2.05, 4.69) is 21.0 Å². The zero-order valence-electron chi connectivity index (χ0n) is 5.92. The van der Waals surface area contributed by atoms with E-state index in [1.807, 2.05) is 0 Å². The van der Waals surface area contributed by atoms with E-state index in [0.717, 1.165) is 4.47 Å². The summed E-state index contributed by atoms with van der Waals surface area (Å²) < 4.78 is 2.52. The molecule has 12 heavy (non-hydrogen) atoms. The first-order valence-corrected chi connectivity index (χ1v) is 5.39. The van der Waals surface area contributed by atoms with Gasteiger partial charge in [-0.2, -0.15) is 5.10 Å². The summed E-state index contributed by atoms with van der Waals surface area (Å²) in [6.07, 6.45) is 3.44. The fraction of sp³-hybridized carbons (Fsp3) is 0.500. The highest BCUT2D eigenvalue weighted by atomic mass is 79.9. The van der Waals surface area contributed by atoms with Crippen LogP contribution in [0.2, 0.25) is 0 Å². The Kier molecular flexibility index (Phi) is 4.17. The fourth-order valence-electron chi connectivity index (χ4n) is 0.750. The van der Waals surface area contributed by atoms with Gasteiger partial charge in [-0.15, -0.1) is 34.8 Å². The van der Waals surface area contributed by atoms with Gasteiger partial charge >= 0.3 is 0 Å². The molecule has 1 heterocycles. The van der Waals surface area contributed by atoms with Gasteiger partial charge in [0.1, 0.15) is 4.84 Å². The van der Waals surface area contributed by atoms with Crippen LogP contribution in [-0.2, 0) is 0 Å². The molecule has 2 nitrogen and oxygen atoms in total. The number of nitrogens with zero attached hydrogens (tertiary/aromatic N) is 2. The Morgan fingerprint density at radius 2 is 2.25 bits per heavy atom. The summed E-state index contributed by atoms with van der Waals surface area (Å²) in [5.74, 6) is 0.339. The predicted octanol–water partition coefficient (Wildman–Crippen LogP) is 3.23. The number of alkyl halides is 3. The third kappa shape index (κ3) is 2.52. The first-order valence-electron chi connectivity index (χ1n) is 3.19. The average molecular weight is 292 g/mol. The van der Waals surface area contributed by atoms with E-state index in [4.69, 9.17) is 34.8 Å². The van der Waals surface area contributed by atoms with Crippen molar-refractivity contribution in [3.05, 3.63) is 16.9 Å². The molecule has 68 valence electrons. The molecular formula is C6H6BrCl3N2. The second-order valence-corrected chi connectivity index (χ2v) is 4.58. The summed E-state index contributed by atoms with van der Waals surface area (Å²) in [6.45, 7) is 0. The van der Waals surface area contributed by atoms with E-state index in [1.54, 1.807) is 17.1 Å². The van der Waals surface area contributed by atoms with Crippen LogP contribution in [0.4, 0.5) is 0 Å². The van der Waals surface area contributed by atoms with Gasteiger partial charge in [-0.05, 0) is 15.9 Å². The number of halogens is 4. The molecule has 0 aliphatic carbocycles. The lowest BCUT2D eigenvalue weighted by Crippen LogP contribution is -2.17. The highest BCUT2D eigenvalue weighted by Crippen LogP contribution is 2.22. The maximum absolute atomic E-state index is 5.69. The van der Waals surface area contributed by atoms with Crippen LogP contribution in [0.1, 0.15) is 6.04 Å². The van der Waals surface area contributed by atoms with E-state index in [9.17, 15) is 0 Å². The third-order valence-electron chi connectivity index (χ3n) is 1.36. The summed E-state index contributed by atoms with van der Waals surface area (Å²) in [4.78, 5) is -0.547. The standard InChI is InChI=1S/C6H6BrCl3N2/c7-4-2-11-12(3-4)5(1-8)6(9)10/h2-3,5-6H,1H2. The first-order chi connectivity index (χ1) is 5.65. The molecule has 1 unspecified atom stereocenters. The van der Waals surface area contributed by atoms with E-state index in [1.165, 1.54) is 0 Å². The molecule has 0 saturated heterocycles. The Morgan fingerprint density at radius 1 is 1.58 bits per heavy atom. The van der Waals surface area contributed by atoms with Gasteiger partial charge in [-0.25, -0.2) is 0 Å². The minimum atomic E-state index is -0.547. The largest absolute Gasteiger partial charge is 0.265 e. The van der Waals surface area contributed by atoms with Gasteiger partial charge in [-0.3, -0.25) is 4.68 Å². The highest BCUT2D eigenvalue weighted by Gasteiger charge is 2.18. The van der Waals surface area contributed by atoms with Crippen LogP contribution in [0, 0.1) is 0 Å². The Balaban J connectivity index is 2.80. The minimum absolute atomic E-state index is 0.179. The minimum Gasteiger partial charge on any atom is -0.265 e. The summed E-state index contributed by atoms with van der Waals surface area (Å²) in [5.41, 5.74) is 0. The van der Waals surface area contributed by atoms with Crippen molar-refractivity contribution in [1.29, 1.82) is 0 Å². The van der Waals surface area contributed by atoms with Crippen molar-refractivity contribution in [3.63, 3.8) is 0 Å². The van der Waals surface area contributed by atoms with Crippen molar-refractivity contribution in [2.24, 2.45) is 0 Å². The Hall–Kier alpha value is 0.560. The fourth-order valence-corrected chi connectivity index (χ4v) is 1.96. The lowest BCUT2D eigenvalue weighted by molar-refractivity contribution is 0.524. The van der Waals surface area contributed by atoms with Crippen LogP contribution >= 0.6 is 50.7 Å². The van der Waals surface area contributed by atoms with Crippen molar-refractivity contribution in [2.75, 3.05) is 5.88 Å². The quantitative estimate of drug-likeness (QED) is 0.782. The summed E-state index contributed by atoms with van der Waals surface area (Å²) >= 11 is 20.3. The summed E-state index contributed by atoms with van der Waals surface area (Å²) in [6, 6.07) is -0.179. The van der Waals surface area contributed by atoms with Gasteiger partial charge in [0.25, 0.3) is 0 Å². The van der Waals surface area contributed by atoms with Crippen LogP contribution in [0.5, 0.6) is 0 Å². The number of hydrogen-bond acceptors (Lipinski definition) is 1. The molecule has 0 aromatic carbocycles. The van der Waals surface area contributed by atoms with E-state index >= 15 is 0 Å². The average Bonchev–Trinajstić information content (AvgIpc) is 2.37. The normalized spacial score (nSPS) is 13.8. The van der Waals surface area contributed by atoms with Gasteiger partial charge < -0.3 is 0 Å². The highest BCUT2D eigenvalue weighted by molar-refractivity contribution is 9.10. The molecule has 0 amide bonds. The van der Waals surface area contributed by atoms with Crippen molar-refractivity contribution >= 4 is 50.7 Å². The van der Waals surface area contributed by atoms with Crippen LogP contribution in [0.3, 0.4) is 0 Å². The molecule has 0 aliphatic heterocycles. The molecule has 0 N–H and O–H groups in total. The predicted molar refractivity (Wildman–Crippen MR) is 55.2 cm³/mol. The topological polar surface area (TPSA) is 17.8 Å². The third-order valence-corrected chi connectivity index (χ3v) is 2.67. The van der Waals surface area contributed by atoms with Crippen molar-refractivity contribution in [1.82, 2.24) is 9.78 Å². The van der Waals surface area contributed by atoms with E-state index in [0.29, 0.717) is 5.88 Å². The molecule has 1 atom stereocenters. The first kappa shape index (κ1) is 10.6. The van der Waals surface area contributed by atoms with Gasteiger partial charge in [0.2, 0.25) is 0 Å². The number of hydrogen-bond donors (Lipinski definition) is 0. The van der Waals surface area contributed by atoms with Crippen molar-refractivity contribution in [3.8, 4) is 0 Å². The lowest BCUT2D eigenvalue weighted by Gasteiger charge is -2.14. The SMILES string of the molecule is ClCC(C(Cl)Cl)n1cc(Br)cn1. The molecule has 0 saturated carbocycles. The van der Waals surface area contributed by atoms with Crippen molar-refractivity contribution in [2.45, 2.75) is 10.9 Å². The molecule has 1 rings (SSSR count). The lowest BCUT2D eigenvalue weighted by atomic mass is 10.4. The van der Waals surface area contributed by atoms with Crippen LogP contribution < -0.4 is 0 Å². The van der Waals surface area contributed by atoms with Gasteiger partial charge in [0.05, 0.1) is 16.7 Å². The molecule has 0 fully saturated rings. The molecule has 0 aliphatic rings. The Morgan fingerprint density at radius 3 is 2.58 bits per heavy atom. The van der Waals surface area contributed by atoms with Gasteiger partial charge in [0, 0.05) is 12.1 Å². The molecule has 0 radical (unpaired) electrons. The Bertz CT molecular complexity index is 251. The van der Waals surface area contributed by atoms with Crippen LogP contribution in [-0.4, -0.2) is 20.5 Å². The molecular weight excluding hydrogens is 286 g/mol. The monoisotopic (exact) mass is 290 g/mol. The molecule has 0 bridgehead atoms. The number of aromatic nitrogens is 2. The molecule has 1 aromatic rings. The zero-order valence-corrected chi connectivity index (χ0v) is 9.78. The van der Waals surface area contributed by atoms with Crippen LogP contribution in [0.25, 0.3) is 0 Å². The zero-order chi connectivity index (χ0) is 9.14. The van der Waals surface area contributed by atoms with Crippen molar-refractivity contribution < 1.29 is 0 Å². The maximum atomic E-state index is 5.69. The smallest absolute Gasteiger partial charge is 0.131 e. The molecule has 6 heteroatoms. The summed E-state index contributed by atoms with van der Waals surface area (Å²) in [5, 5.41) is 4.02. The number of rotatable bonds is 3. The maximum Gasteiger partial charge on any atom is 0.131 e. The summed E-state index contributed by atoms with van der Waals surface area (Å²) in [7, 11) is 0. The van der Waals surface area contributed by atoms with Gasteiger partial charge in [-0.1, -0.05) is 0 Å². The molecule has 1 aromatic heterocycles. The second-order valence-electron chi connectivity index (χ2n) is 2.19.